The van der Waals surface area contributed by atoms with Gasteiger partial charge in [0.15, 0.2) is 5.16 Å². The molecule has 1 aliphatic heterocycles. The van der Waals surface area contributed by atoms with E-state index in [1.807, 2.05) is 6.26 Å². The summed E-state index contributed by atoms with van der Waals surface area (Å²) in [6.07, 6.45) is 5.98. The zero-order valence-corrected chi connectivity index (χ0v) is 15.9. The van der Waals surface area contributed by atoms with Crippen LogP contribution in [0.25, 0.3) is 0 Å². The fraction of sp³-hybridized carbons (Fsp3) is 0.412. The number of aromatic nitrogens is 2. The molecule has 1 aromatic heterocycles. The molecule has 0 saturated heterocycles. The zero-order chi connectivity index (χ0) is 16.0. The van der Waals surface area contributed by atoms with Gasteiger partial charge in [-0.25, -0.2) is 9.97 Å². The molecule has 0 bridgehead atoms. The van der Waals surface area contributed by atoms with Crippen LogP contribution >= 0.6 is 39.3 Å². The third-order valence-corrected chi connectivity index (χ3v) is 6.25. The van der Waals surface area contributed by atoms with Crippen molar-refractivity contribution in [2.24, 2.45) is 0 Å². The van der Waals surface area contributed by atoms with Crippen LogP contribution in [0.2, 0.25) is 5.15 Å². The lowest BCUT2D eigenvalue weighted by atomic mass is 9.75. The van der Waals surface area contributed by atoms with E-state index in [0.29, 0.717) is 11.8 Å². The lowest BCUT2D eigenvalue weighted by Crippen LogP contribution is -2.40. The molecule has 23 heavy (non-hydrogen) atoms. The maximum absolute atomic E-state index is 6.39. The van der Waals surface area contributed by atoms with Crippen LogP contribution in [0.4, 0.5) is 0 Å². The number of halogens is 2. The van der Waals surface area contributed by atoms with Gasteiger partial charge in [0.1, 0.15) is 10.8 Å². The molecule has 0 fully saturated rings. The molecule has 4 rings (SSSR count). The van der Waals surface area contributed by atoms with Crippen LogP contribution in [-0.2, 0) is 29.8 Å². The second kappa shape index (κ2) is 6.03. The maximum atomic E-state index is 6.39. The van der Waals surface area contributed by atoms with Gasteiger partial charge in [-0.15, -0.1) is 0 Å². The first-order valence-electron chi connectivity index (χ1n) is 7.64. The molecule has 2 aliphatic rings. The molecular weight excluding hydrogens is 396 g/mol. The van der Waals surface area contributed by atoms with Crippen molar-refractivity contribution in [1.82, 2.24) is 9.97 Å². The number of fused-ring (bicyclic) bond motifs is 3. The number of benzene rings is 1. The van der Waals surface area contributed by atoms with Crippen molar-refractivity contribution in [2.45, 2.75) is 43.0 Å². The highest BCUT2D eigenvalue weighted by atomic mass is 79.9. The predicted octanol–water partition coefficient (Wildman–Crippen LogP) is 4.92. The first-order valence-corrected chi connectivity index (χ1v) is 10.0. The maximum Gasteiger partial charge on any atom is 0.188 e. The van der Waals surface area contributed by atoms with Gasteiger partial charge in [0.2, 0.25) is 0 Å². The van der Waals surface area contributed by atoms with Gasteiger partial charge < -0.3 is 4.74 Å². The Balaban J connectivity index is 1.84. The molecule has 0 amide bonds. The van der Waals surface area contributed by atoms with Crippen molar-refractivity contribution in [3.63, 3.8) is 0 Å². The molecular formula is C17H16BrClN2OS. The summed E-state index contributed by atoms with van der Waals surface area (Å²) in [6, 6.07) is 6.41. The molecule has 120 valence electrons. The van der Waals surface area contributed by atoms with E-state index in [4.69, 9.17) is 21.3 Å². The SMILES string of the molecule is CSc1nc(Cl)c2c(n1)CC1(CCCc3cccc(Br)c31)OC2. The van der Waals surface area contributed by atoms with E-state index < -0.39 is 0 Å². The summed E-state index contributed by atoms with van der Waals surface area (Å²) in [6.45, 7) is 0.476. The first-order chi connectivity index (χ1) is 11.1. The van der Waals surface area contributed by atoms with Gasteiger partial charge in [-0.05, 0) is 37.1 Å². The van der Waals surface area contributed by atoms with Crippen LogP contribution in [-0.4, -0.2) is 16.2 Å². The highest BCUT2D eigenvalue weighted by Crippen LogP contribution is 2.47. The van der Waals surface area contributed by atoms with E-state index in [9.17, 15) is 0 Å². The fourth-order valence-corrected chi connectivity index (χ4v) is 5.13. The molecule has 1 atom stereocenters. The molecule has 0 N–H and O–H groups in total. The Labute approximate surface area is 153 Å². The van der Waals surface area contributed by atoms with Crippen molar-refractivity contribution < 1.29 is 4.74 Å². The average Bonchev–Trinajstić information content (AvgIpc) is 2.54. The molecule has 0 saturated carbocycles. The Kier molecular flexibility index (Phi) is 4.16. The Morgan fingerprint density at radius 2 is 2.22 bits per heavy atom. The minimum absolute atomic E-state index is 0.298. The number of hydrogen-bond acceptors (Lipinski definition) is 4. The summed E-state index contributed by atoms with van der Waals surface area (Å²) in [5, 5.41) is 1.26. The summed E-state index contributed by atoms with van der Waals surface area (Å²) in [5.74, 6) is 0. The molecule has 3 nitrogen and oxygen atoms in total. The normalized spacial score (nSPS) is 22.7. The molecule has 2 aromatic rings. The standard InChI is InChI=1S/C17H16BrClN2OS/c1-23-16-20-13-8-17(22-9-11(13)15(19)21-16)7-3-5-10-4-2-6-12(18)14(10)17/h2,4,6H,3,5,7-9H2,1H3. The summed E-state index contributed by atoms with van der Waals surface area (Å²) in [4.78, 5) is 9.05. The van der Waals surface area contributed by atoms with Gasteiger partial charge in [-0.2, -0.15) is 0 Å². The quantitative estimate of drug-likeness (QED) is 0.379. The molecule has 1 unspecified atom stereocenters. The second-order valence-corrected chi connectivity index (χ2v) is 8.00. The summed E-state index contributed by atoms with van der Waals surface area (Å²) in [5.41, 5.74) is 4.34. The minimum Gasteiger partial charge on any atom is -0.365 e. The van der Waals surface area contributed by atoms with Gasteiger partial charge in [-0.3, -0.25) is 0 Å². The lowest BCUT2D eigenvalue weighted by Gasteiger charge is -2.42. The molecule has 1 aromatic carbocycles. The molecule has 6 heteroatoms. The Morgan fingerprint density at radius 3 is 3.04 bits per heavy atom. The zero-order valence-electron chi connectivity index (χ0n) is 12.7. The minimum atomic E-state index is -0.298. The van der Waals surface area contributed by atoms with E-state index in [2.05, 4.69) is 39.1 Å². The van der Waals surface area contributed by atoms with Crippen molar-refractivity contribution in [3.8, 4) is 0 Å². The van der Waals surface area contributed by atoms with Crippen LogP contribution in [0.5, 0.6) is 0 Å². The molecule has 1 aliphatic carbocycles. The summed E-state index contributed by atoms with van der Waals surface area (Å²) < 4.78 is 7.52. The van der Waals surface area contributed by atoms with E-state index in [1.54, 1.807) is 0 Å². The number of aryl methyl sites for hydroxylation is 1. The number of hydrogen-bond donors (Lipinski definition) is 0. The van der Waals surface area contributed by atoms with Crippen molar-refractivity contribution in [1.29, 1.82) is 0 Å². The topological polar surface area (TPSA) is 35.0 Å². The average molecular weight is 412 g/mol. The summed E-state index contributed by atoms with van der Waals surface area (Å²) in [7, 11) is 0. The smallest absolute Gasteiger partial charge is 0.188 e. The van der Waals surface area contributed by atoms with Crippen LogP contribution < -0.4 is 0 Å². The highest BCUT2D eigenvalue weighted by Gasteiger charge is 2.43. The van der Waals surface area contributed by atoms with E-state index in [0.717, 1.165) is 46.6 Å². The molecule has 1 spiro atoms. The van der Waals surface area contributed by atoms with Crippen LogP contribution in [0.15, 0.2) is 27.8 Å². The van der Waals surface area contributed by atoms with E-state index >= 15 is 0 Å². The van der Waals surface area contributed by atoms with Crippen molar-refractivity contribution >= 4 is 39.3 Å². The van der Waals surface area contributed by atoms with Crippen LogP contribution in [0.1, 0.15) is 35.2 Å². The highest BCUT2D eigenvalue weighted by molar-refractivity contribution is 9.10. The molecule has 2 heterocycles. The largest absolute Gasteiger partial charge is 0.365 e. The second-order valence-electron chi connectivity index (χ2n) is 6.01. The number of nitrogens with zero attached hydrogens (tertiary/aromatic N) is 2. The van der Waals surface area contributed by atoms with Crippen LogP contribution in [0.3, 0.4) is 0 Å². The Bertz CT molecular complexity index is 785. The van der Waals surface area contributed by atoms with Crippen LogP contribution in [0, 0.1) is 0 Å². The van der Waals surface area contributed by atoms with Crippen molar-refractivity contribution in [3.05, 3.63) is 50.2 Å². The molecule has 0 radical (unpaired) electrons. The monoisotopic (exact) mass is 410 g/mol. The fourth-order valence-electron chi connectivity index (χ4n) is 3.69. The lowest BCUT2D eigenvalue weighted by molar-refractivity contribution is -0.0862. The summed E-state index contributed by atoms with van der Waals surface area (Å²) >= 11 is 11.6. The van der Waals surface area contributed by atoms with Gasteiger partial charge in [0.05, 0.1) is 12.3 Å². The predicted molar refractivity (Wildman–Crippen MR) is 96.1 cm³/mol. The Hall–Kier alpha value is -0.620. The van der Waals surface area contributed by atoms with E-state index in [1.165, 1.54) is 22.9 Å². The number of ether oxygens (including phenoxy) is 1. The third kappa shape index (κ3) is 2.62. The van der Waals surface area contributed by atoms with E-state index in [-0.39, 0.29) is 5.60 Å². The van der Waals surface area contributed by atoms with Gasteiger partial charge in [-0.1, -0.05) is 51.4 Å². The third-order valence-electron chi connectivity index (χ3n) is 4.73. The Morgan fingerprint density at radius 1 is 1.35 bits per heavy atom. The van der Waals surface area contributed by atoms with Gasteiger partial charge in [0.25, 0.3) is 0 Å². The van der Waals surface area contributed by atoms with Crippen molar-refractivity contribution in [2.75, 3.05) is 6.26 Å². The first kappa shape index (κ1) is 15.9. The number of rotatable bonds is 1. The number of thioether (sulfide) groups is 1. The van der Waals surface area contributed by atoms with Gasteiger partial charge >= 0.3 is 0 Å². The van der Waals surface area contributed by atoms with Gasteiger partial charge in [0, 0.05) is 22.0 Å².